The van der Waals surface area contributed by atoms with Gasteiger partial charge in [-0.25, -0.2) is 9.59 Å². The second kappa shape index (κ2) is 8.81. The van der Waals surface area contributed by atoms with Crippen molar-refractivity contribution in [3.63, 3.8) is 0 Å². The second-order valence-electron chi connectivity index (χ2n) is 11.4. The molecule has 8 nitrogen and oxygen atoms in total. The number of benzene rings is 1. The van der Waals surface area contributed by atoms with Crippen molar-refractivity contribution in [2.45, 2.75) is 78.9 Å². The second-order valence-corrected chi connectivity index (χ2v) is 11.4. The topological polar surface area (TPSA) is 106 Å². The van der Waals surface area contributed by atoms with Gasteiger partial charge in [0.05, 0.1) is 0 Å². The number of hydrogen-bond acceptors (Lipinski definition) is 6. The van der Waals surface area contributed by atoms with Crippen molar-refractivity contribution in [1.29, 1.82) is 0 Å². The molecule has 2 heterocycles. The smallest absolute Gasteiger partial charge is 0.336 e. The molecule has 1 spiro atoms. The molecule has 2 atom stereocenters. The number of ether oxygens (including phenoxy) is 1. The Labute approximate surface area is 205 Å². The van der Waals surface area contributed by atoms with E-state index in [0.29, 0.717) is 29.4 Å². The number of hydrogen-bond donors (Lipinski definition) is 1. The Morgan fingerprint density at radius 3 is 2.57 bits per heavy atom. The molecule has 2 aliphatic rings. The number of imide groups is 1. The Morgan fingerprint density at radius 2 is 1.91 bits per heavy atom. The van der Waals surface area contributed by atoms with Crippen LogP contribution in [-0.4, -0.2) is 34.9 Å². The summed E-state index contributed by atoms with van der Waals surface area (Å²) in [4.78, 5) is 51.7. The largest absolute Gasteiger partial charge is 0.459 e. The number of esters is 1. The van der Waals surface area contributed by atoms with Crippen LogP contribution in [0, 0.1) is 18.3 Å². The highest BCUT2D eigenvalue weighted by atomic mass is 16.5. The van der Waals surface area contributed by atoms with E-state index in [2.05, 4.69) is 39.9 Å². The fraction of sp³-hybridized carbons (Fsp3) is 0.556. The zero-order valence-corrected chi connectivity index (χ0v) is 21.3. The standard InChI is InChI=1S/C27H34N2O6/c1-15(2)19-9-20-18(8-22(30)35-21(20)7-17(19)4)13-34-23(31)12-29-24(32)27(28-25(29)33)11-16(3)10-26(5,6)14-27/h7-9,15-16H,10-14H2,1-6H3,(H,28,33)/t16-,27+/m0/s1. The molecule has 8 heteroatoms. The first kappa shape index (κ1) is 24.9. The number of carbonyl (C=O) groups is 3. The van der Waals surface area contributed by atoms with Gasteiger partial charge >= 0.3 is 17.6 Å². The number of amides is 3. The van der Waals surface area contributed by atoms with Crippen molar-refractivity contribution >= 4 is 28.9 Å². The van der Waals surface area contributed by atoms with Gasteiger partial charge in [-0.2, -0.15) is 0 Å². The van der Waals surface area contributed by atoms with Gasteiger partial charge < -0.3 is 14.5 Å². The van der Waals surface area contributed by atoms with E-state index in [1.54, 1.807) is 0 Å². The molecule has 2 aromatic rings. The first-order valence-electron chi connectivity index (χ1n) is 12.2. The zero-order valence-electron chi connectivity index (χ0n) is 21.3. The highest BCUT2D eigenvalue weighted by Crippen LogP contribution is 2.46. The quantitative estimate of drug-likeness (QED) is 0.385. The number of aryl methyl sites for hydroxylation is 1. The molecule has 2 fully saturated rings. The lowest BCUT2D eigenvalue weighted by Gasteiger charge is -2.43. The van der Waals surface area contributed by atoms with Crippen LogP contribution < -0.4 is 10.9 Å². The summed E-state index contributed by atoms with van der Waals surface area (Å²) in [6.07, 6.45) is 2.05. The summed E-state index contributed by atoms with van der Waals surface area (Å²) >= 11 is 0. The number of carbonyl (C=O) groups excluding carboxylic acids is 3. The highest BCUT2D eigenvalue weighted by Gasteiger charge is 2.56. The minimum atomic E-state index is -0.974. The van der Waals surface area contributed by atoms with E-state index < -0.39 is 29.7 Å². The Morgan fingerprint density at radius 1 is 1.20 bits per heavy atom. The first-order valence-corrected chi connectivity index (χ1v) is 12.2. The third-order valence-corrected chi connectivity index (χ3v) is 7.14. The monoisotopic (exact) mass is 482 g/mol. The molecule has 35 heavy (non-hydrogen) atoms. The van der Waals surface area contributed by atoms with Gasteiger partial charge in [-0.1, -0.05) is 34.6 Å². The Balaban J connectivity index is 1.50. The first-order chi connectivity index (χ1) is 16.3. The third kappa shape index (κ3) is 4.83. The molecule has 4 rings (SSSR count). The minimum absolute atomic E-state index is 0.0974. The minimum Gasteiger partial charge on any atom is -0.459 e. The Bertz CT molecular complexity index is 1260. The van der Waals surface area contributed by atoms with E-state index in [-0.39, 0.29) is 29.8 Å². The Hall–Kier alpha value is -3.16. The molecule has 1 aromatic carbocycles. The molecule has 1 aliphatic heterocycles. The molecule has 1 aromatic heterocycles. The van der Waals surface area contributed by atoms with E-state index in [0.717, 1.165) is 22.4 Å². The fourth-order valence-electron chi connectivity index (χ4n) is 6.12. The normalized spacial score (nSPS) is 23.9. The molecular weight excluding hydrogens is 448 g/mol. The molecule has 188 valence electrons. The van der Waals surface area contributed by atoms with Crippen LogP contribution in [0.15, 0.2) is 27.4 Å². The van der Waals surface area contributed by atoms with E-state index in [1.165, 1.54) is 6.07 Å². The van der Waals surface area contributed by atoms with Crippen LogP contribution in [0.2, 0.25) is 0 Å². The summed E-state index contributed by atoms with van der Waals surface area (Å²) in [5, 5.41) is 3.56. The lowest BCUT2D eigenvalue weighted by Crippen LogP contribution is -2.54. The van der Waals surface area contributed by atoms with E-state index in [9.17, 15) is 19.2 Å². The van der Waals surface area contributed by atoms with Gasteiger partial charge in [0.1, 0.15) is 24.3 Å². The summed E-state index contributed by atoms with van der Waals surface area (Å²) in [5.74, 6) is -0.554. The number of nitrogens with one attached hydrogen (secondary N) is 1. The molecule has 0 bridgehead atoms. The predicted molar refractivity (Wildman–Crippen MR) is 131 cm³/mol. The molecular formula is C27H34N2O6. The zero-order chi connectivity index (χ0) is 25.7. The average molecular weight is 483 g/mol. The molecule has 0 unspecified atom stereocenters. The summed E-state index contributed by atoms with van der Waals surface area (Å²) < 4.78 is 10.8. The van der Waals surface area contributed by atoms with Gasteiger partial charge in [-0.15, -0.1) is 0 Å². The lowest BCUT2D eigenvalue weighted by atomic mass is 9.64. The van der Waals surface area contributed by atoms with Crippen molar-refractivity contribution < 1.29 is 23.5 Å². The Kier molecular flexibility index (Phi) is 6.28. The van der Waals surface area contributed by atoms with E-state index >= 15 is 0 Å². The average Bonchev–Trinajstić information content (AvgIpc) is 2.92. The molecule has 1 saturated heterocycles. The maximum Gasteiger partial charge on any atom is 0.336 e. The van der Waals surface area contributed by atoms with Crippen LogP contribution in [0.5, 0.6) is 0 Å². The van der Waals surface area contributed by atoms with Crippen molar-refractivity contribution in [2.75, 3.05) is 6.54 Å². The number of fused-ring (bicyclic) bond motifs is 1. The summed E-state index contributed by atoms with van der Waals surface area (Å²) in [6.45, 7) is 11.7. The molecule has 3 amide bonds. The SMILES string of the molecule is Cc1cc2oc(=O)cc(COC(=O)CN3C(=O)N[C@@]4(C[C@@H](C)CC(C)(C)C4)C3=O)c2cc1C(C)C. The maximum atomic E-state index is 13.3. The summed E-state index contributed by atoms with van der Waals surface area (Å²) in [7, 11) is 0. The van der Waals surface area contributed by atoms with Crippen molar-refractivity contribution in [3.8, 4) is 0 Å². The number of rotatable bonds is 5. The molecule has 1 saturated carbocycles. The van der Waals surface area contributed by atoms with Crippen molar-refractivity contribution in [2.24, 2.45) is 11.3 Å². The summed E-state index contributed by atoms with van der Waals surface area (Å²) in [6, 6.07) is 4.51. The van der Waals surface area contributed by atoms with Crippen LogP contribution in [-0.2, 0) is 20.9 Å². The van der Waals surface area contributed by atoms with Gasteiger partial charge in [0.15, 0.2) is 0 Å². The van der Waals surface area contributed by atoms with Crippen LogP contribution in [0.4, 0.5) is 4.79 Å². The highest BCUT2D eigenvalue weighted by molar-refractivity contribution is 6.08. The van der Waals surface area contributed by atoms with Crippen molar-refractivity contribution in [3.05, 3.63) is 45.3 Å². The van der Waals surface area contributed by atoms with E-state index in [1.807, 2.05) is 19.1 Å². The van der Waals surface area contributed by atoms with Gasteiger partial charge in [-0.3, -0.25) is 14.5 Å². The van der Waals surface area contributed by atoms with Gasteiger partial charge in [-0.05, 0) is 66.7 Å². The van der Waals surface area contributed by atoms with Crippen molar-refractivity contribution in [1.82, 2.24) is 10.2 Å². The van der Waals surface area contributed by atoms with Crippen LogP contribution in [0.1, 0.15) is 76.5 Å². The molecule has 1 aliphatic carbocycles. The van der Waals surface area contributed by atoms with Gasteiger partial charge in [0, 0.05) is 17.0 Å². The summed E-state index contributed by atoms with van der Waals surface area (Å²) in [5.41, 5.74) is 1.45. The van der Waals surface area contributed by atoms with Crippen LogP contribution >= 0.6 is 0 Å². The third-order valence-electron chi connectivity index (χ3n) is 7.14. The molecule has 0 radical (unpaired) electrons. The van der Waals surface area contributed by atoms with Gasteiger partial charge in [0.2, 0.25) is 0 Å². The lowest BCUT2D eigenvalue weighted by molar-refractivity contribution is -0.149. The van der Waals surface area contributed by atoms with Crippen LogP contribution in [0.25, 0.3) is 11.0 Å². The van der Waals surface area contributed by atoms with Gasteiger partial charge in [0.25, 0.3) is 5.91 Å². The predicted octanol–water partition coefficient (Wildman–Crippen LogP) is 4.40. The maximum absolute atomic E-state index is 13.3. The number of urea groups is 1. The number of nitrogens with zero attached hydrogens (tertiary/aromatic N) is 1. The van der Waals surface area contributed by atoms with E-state index in [4.69, 9.17) is 9.15 Å². The molecule has 1 N–H and O–H groups in total. The van der Waals surface area contributed by atoms with Crippen LogP contribution in [0.3, 0.4) is 0 Å². The fourth-order valence-corrected chi connectivity index (χ4v) is 6.12.